The van der Waals surface area contributed by atoms with E-state index >= 15 is 0 Å². The van der Waals surface area contributed by atoms with E-state index in [1.165, 1.54) is 12.8 Å². The highest BCUT2D eigenvalue weighted by Gasteiger charge is 2.24. The molecule has 1 aliphatic carbocycles. The lowest BCUT2D eigenvalue weighted by Gasteiger charge is -2.04. The molecule has 0 amide bonds. The Bertz CT molecular complexity index is 501. The first kappa shape index (κ1) is 10.3. The predicted octanol–water partition coefficient (Wildman–Crippen LogP) is 1.76. The molecule has 5 nitrogen and oxygen atoms in total. The lowest BCUT2D eigenvalue weighted by atomic mass is 10.2. The lowest BCUT2D eigenvalue weighted by Crippen LogP contribution is -2.04. The van der Waals surface area contributed by atoms with Gasteiger partial charge in [-0.2, -0.15) is 0 Å². The monoisotopic (exact) mass is 230 g/mol. The van der Waals surface area contributed by atoms with Gasteiger partial charge in [0, 0.05) is 12.1 Å². The summed E-state index contributed by atoms with van der Waals surface area (Å²) in [4.78, 5) is 0. The van der Waals surface area contributed by atoms with Crippen LogP contribution in [-0.4, -0.2) is 27.3 Å². The summed E-state index contributed by atoms with van der Waals surface area (Å²) < 4.78 is 7.02. The third kappa shape index (κ3) is 2.13. The van der Waals surface area contributed by atoms with Gasteiger partial charge in [-0.3, -0.25) is 0 Å². The molecule has 17 heavy (non-hydrogen) atoms. The van der Waals surface area contributed by atoms with E-state index in [-0.39, 0.29) is 0 Å². The third-order valence-corrected chi connectivity index (χ3v) is 3.01. The fourth-order valence-electron chi connectivity index (χ4n) is 1.82. The summed E-state index contributed by atoms with van der Waals surface area (Å²) in [5.74, 6) is 2.44. The molecule has 0 N–H and O–H groups in total. The van der Waals surface area contributed by atoms with Crippen LogP contribution in [0.25, 0.3) is 11.4 Å². The van der Waals surface area contributed by atoms with Crippen molar-refractivity contribution in [2.75, 3.05) is 7.11 Å². The number of methoxy groups -OCH3 is 1. The first-order chi connectivity index (χ1) is 8.36. The Hall–Kier alpha value is -1.91. The largest absolute Gasteiger partial charge is 0.497 e. The number of nitrogens with zero attached hydrogens (tertiary/aromatic N) is 4. The fourth-order valence-corrected chi connectivity index (χ4v) is 1.82. The quantitative estimate of drug-likeness (QED) is 0.803. The van der Waals surface area contributed by atoms with Crippen LogP contribution in [0, 0.1) is 5.92 Å². The average Bonchev–Trinajstić information content (AvgIpc) is 3.06. The van der Waals surface area contributed by atoms with Crippen LogP contribution >= 0.6 is 0 Å². The molecule has 2 aromatic rings. The summed E-state index contributed by atoms with van der Waals surface area (Å²) in [7, 11) is 1.66. The zero-order valence-electron chi connectivity index (χ0n) is 9.71. The topological polar surface area (TPSA) is 52.8 Å². The van der Waals surface area contributed by atoms with E-state index in [1.54, 1.807) is 7.11 Å². The molecular formula is C12H14N4O. The summed E-state index contributed by atoms with van der Waals surface area (Å²) in [6, 6.07) is 7.80. The van der Waals surface area contributed by atoms with E-state index in [9.17, 15) is 0 Å². The van der Waals surface area contributed by atoms with Crippen molar-refractivity contribution in [3.05, 3.63) is 24.3 Å². The van der Waals surface area contributed by atoms with Gasteiger partial charge < -0.3 is 4.74 Å². The highest BCUT2D eigenvalue weighted by molar-refractivity contribution is 5.55. The van der Waals surface area contributed by atoms with Crippen molar-refractivity contribution in [1.29, 1.82) is 0 Å². The Morgan fingerprint density at radius 3 is 2.71 bits per heavy atom. The van der Waals surface area contributed by atoms with Gasteiger partial charge in [0.15, 0.2) is 5.82 Å². The number of aromatic nitrogens is 4. The maximum atomic E-state index is 5.13. The second-order valence-electron chi connectivity index (χ2n) is 4.36. The molecule has 5 heteroatoms. The first-order valence-electron chi connectivity index (χ1n) is 5.77. The van der Waals surface area contributed by atoms with E-state index in [1.807, 2.05) is 28.9 Å². The van der Waals surface area contributed by atoms with Gasteiger partial charge in [-0.25, -0.2) is 4.68 Å². The Labute approximate surface area is 99.4 Å². The molecule has 0 unspecified atom stereocenters. The van der Waals surface area contributed by atoms with Gasteiger partial charge in [-0.15, -0.1) is 5.10 Å². The summed E-state index contributed by atoms with van der Waals surface area (Å²) in [5.41, 5.74) is 1.02. The number of rotatable bonds is 4. The van der Waals surface area contributed by atoms with Crippen LogP contribution < -0.4 is 4.74 Å². The standard InChI is InChI=1S/C12H14N4O/c1-17-11-6-4-10(5-7-11)12-13-14-15-16(12)8-9-2-3-9/h4-7,9H,2-3,8H2,1H3. The molecular weight excluding hydrogens is 216 g/mol. The Balaban J connectivity index is 1.88. The normalized spacial score (nSPS) is 14.9. The number of ether oxygens (including phenoxy) is 1. The first-order valence-corrected chi connectivity index (χ1v) is 5.77. The summed E-state index contributed by atoms with van der Waals surface area (Å²) in [6.07, 6.45) is 2.59. The second-order valence-corrected chi connectivity index (χ2v) is 4.36. The minimum Gasteiger partial charge on any atom is -0.497 e. The second kappa shape index (κ2) is 4.16. The summed E-state index contributed by atoms with van der Waals surface area (Å²) in [5, 5.41) is 11.9. The highest BCUT2D eigenvalue weighted by atomic mass is 16.5. The molecule has 1 aromatic heterocycles. The van der Waals surface area contributed by atoms with Crippen molar-refractivity contribution in [1.82, 2.24) is 20.2 Å². The van der Waals surface area contributed by atoms with E-state index in [2.05, 4.69) is 15.5 Å². The van der Waals surface area contributed by atoms with E-state index in [0.717, 1.165) is 29.6 Å². The minimum atomic E-state index is 0.760. The van der Waals surface area contributed by atoms with E-state index < -0.39 is 0 Å². The Kier molecular flexibility index (Phi) is 2.51. The van der Waals surface area contributed by atoms with Crippen molar-refractivity contribution >= 4 is 0 Å². The van der Waals surface area contributed by atoms with Crippen molar-refractivity contribution in [3.8, 4) is 17.1 Å². The van der Waals surface area contributed by atoms with Crippen molar-refractivity contribution in [3.63, 3.8) is 0 Å². The highest BCUT2D eigenvalue weighted by Crippen LogP contribution is 2.31. The predicted molar refractivity (Wildman–Crippen MR) is 62.5 cm³/mol. The van der Waals surface area contributed by atoms with Gasteiger partial charge in [0.05, 0.1) is 7.11 Å². The van der Waals surface area contributed by atoms with E-state index in [0.29, 0.717) is 0 Å². The van der Waals surface area contributed by atoms with Crippen LogP contribution in [0.5, 0.6) is 5.75 Å². The molecule has 1 fully saturated rings. The third-order valence-electron chi connectivity index (χ3n) is 3.01. The fraction of sp³-hybridized carbons (Fsp3) is 0.417. The number of tetrazole rings is 1. The van der Waals surface area contributed by atoms with E-state index in [4.69, 9.17) is 4.74 Å². The van der Waals surface area contributed by atoms with Crippen LogP contribution in [0.3, 0.4) is 0 Å². The maximum Gasteiger partial charge on any atom is 0.182 e. The van der Waals surface area contributed by atoms with Crippen molar-refractivity contribution < 1.29 is 4.74 Å². The van der Waals surface area contributed by atoms with Gasteiger partial charge in [0.25, 0.3) is 0 Å². The van der Waals surface area contributed by atoms with Gasteiger partial charge >= 0.3 is 0 Å². The van der Waals surface area contributed by atoms with Crippen LogP contribution in [0.4, 0.5) is 0 Å². The van der Waals surface area contributed by atoms with Gasteiger partial charge in [0.1, 0.15) is 5.75 Å². The molecule has 0 atom stereocenters. The lowest BCUT2D eigenvalue weighted by molar-refractivity contribution is 0.415. The SMILES string of the molecule is COc1ccc(-c2nnnn2CC2CC2)cc1. The van der Waals surface area contributed by atoms with Gasteiger partial charge in [-0.1, -0.05) is 0 Å². The van der Waals surface area contributed by atoms with Crippen LogP contribution in [0.2, 0.25) is 0 Å². The summed E-state index contributed by atoms with van der Waals surface area (Å²) in [6.45, 7) is 0.925. The molecule has 88 valence electrons. The van der Waals surface area contributed by atoms with Crippen LogP contribution in [0.1, 0.15) is 12.8 Å². The molecule has 1 aromatic carbocycles. The number of hydrogen-bond acceptors (Lipinski definition) is 4. The van der Waals surface area contributed by atoms with Crippen molar-refractivity contribution in [2.45, 2.75) is 19.4 Å². The zero-order valence-corrected chi connectivity index (χ0v) is 9.71. The Morgan fingerprint density at radius 2 is 2.06 bits per heavy atom. The molecule has 0 saturated heterocycles. The molecule has 1 aliphatic rings. The molecule has 1 heterocycles. The summed E-state index contributed by atoms with van der Waals surface area (Å²) >= 11 is 0. The molecule has 0 aliphatic heterocycles. The number of hydrogen-bond donors (Lipinski definition) is 0. The van der Waals surface area contributed by atoms with Crippen LogP contribution in [0.15, 0.2) is 24.3 Å². The van der Waals surface area contributed by atoms with Gasteiger partial charge in [0.2, 0.25) is 0 Å². The maximum absolute atomic E-state index is 5.13. The molecule has 0 spiro atoms. The average molecular weight is 230 g/mol. The zero-order chi connectivity index (χ0) is 11.7. The molecule has 0 bridgehead atoms. The molecule has 1 saturated carbocycles. The van der Waals surface area contributed by atoms with Crippen LogP contribution in [-0.2, 0) is 6.54 Å². The van der Waals surface area contributed by atoms with Crippen molar-refractivity contribution in [2.24, 2.45) is 5.92 Å². The van der Waals surface area contributed by atoms with Gasteiger partial charge in [-0.05, 0) is 53.5 Å². The smallest absolute Gasteiger partial charge is 0.182 e. The molecule has 0 radical (unpaired) electrons. The minimum absolute atomic E-state index is 0.760. The Morgan fingerprint density at radius 1 is 1.29 bits per heavy atom. The number of benzene rings is 1. The molecule has 3 rings (SSSR count).